The van der Waals surface area contributed by atoms with E-state index >= 15 is 0 Å². The van der Waals surface area contributed by atoms with Crippen LogP contribution in [0, 0.1) is 0 Å². The zero-order chi connectivity index (χ0) is 14.8. The Morgan fingerprint density at radius 2 is 1.84 bits per heavy atom. The van der Waals surface area contributed by atoms with Crippen molar-refractivity contribution in [3.05, 3.63) is 23.8 Å². The molecule has 0 aliphatic carbocycles. The number of aromatic hydroxyl groups is 1. The molecule has 0 amide bonds. The van der Waals surface area contributed by atoms with Crippen molar-refractivity contribution >= 4 is 21.9 Å². The fourth-order valence-corrected chi connectivity index (χ4v) is 2.63. The minimum absolute atomic E-state index is 0.133. The summed E-state index contributed by atoms with van der Waals surface area (Å²) < 4.78 is 27.9. The molecule has 7 nitrogen and oxygen atoms in total. The molecule has 0 atom stereocenters. The van der Waals surface area contributed by atoms with E-state index in [4.69, 9.17) is 5.11 Å². The molecule has 0 aliphatic heterocycles. The van der Waals surface area contributed by atoms with Gasteiger partial charge in [-0.05, 0) is 39.0 Å². The van der Waals surface area contributed by atoms with Crippen LogP contribution in [0.15, 0.2) is 18.2 Å². The minimum Gasteiger partial charge on any atom is -0.506 e. The van der Waals surface area contributed by atoms with E-state index < -0.39 is 21.7 Å². The standard InChI is InChI=1S/C11H16N2O5S/c1-11(2,3)13-19(17,18)12-8-6-7(10(15)16)4-5-9(8)14/h4-6,12-14H,1-3H3,(H,15,16). The molecular formula is C11H16N2O5S. The van der Waals surface area contributed by atoms with E-state index in [0.29, 0.717) is 0 Å². The van der Waals surface area contributed by atoms with Crippen LogP contribution in [0.25, 0.3) is 0 Å². The lowest BCUT2D eigenvalue weighted by molar-refractivity contribution is 0.0697. The van der Waals surface area contributed by atoms with Crippen LogP contribution in [0.5, 0.6) is 5.75 Å². The van der Waals surface area contributed by atoms with E-state index in [2.05, 4.69) is 9.44 Å². The number of anilines is 1. The highest BCUT2D eigenvalue weighted by molar-refractivity contribution is 7.90. The van der Waals surface area contributed by atoms with Gasteiger partial charge in [-0.25, -0.2) is 4.79 Å². The van der Waals surface area contributed by atoms with Gasteiger partial charge >= 0.3 is 5.97 Å². The van der Waals surface area contributed by atoms with Gasteiger partial charge in [0.25, 0.3) is 10.2 Å². The highest BCUT2D eigenvalue weighted by Crippen LogP contribution is 2.25. The van der Waals surface area contributed by atoms with Gasteiger partial charge in [0.15, 0.2) is 0 Å². The fourth-order valence-electron chi connectivity index (χ4n) is 1.32. The maximum absolute atomic E-state index is 11.8. The van der Waals surface area contributed by atoms with Crippen molar-refractivity contribution in [3.8, 4) is 5.75 Å². The van der Waals surface area contributed by atoms with Gasteiger partial charge in [-0.2, -0.15) is 13.1 Å². The second kappa shape index (κ2) is 5.06. The van der Waals surface area contributed by atoms with Crippen molar-refractivity contribution in [2.24, 2.45) is 0 Å². The summed E-state index contributed by atoms with van der Waals surface area (Å²) in [5.41, 5.74) is -1.03. The minimum atomic E-state index is -3.91. The third-order valence-corrected chi connectivity index (χ3v) is 3.30. The third kappa shape index (κ3) is 4.76. The van der Waals surface area contributed by atoms with Gasteiger partial charge in [-0.3, -0.25) is 4.72 Å². The maximum Gasteiger partial charge on any atom is 0.335 e. The monoisotopic (exact) mass is 288 g/mol. The second-order valence-corrected chi connectivity index (χ2v) is 6.41. The normalized spacial score (nSPS) is 12.2. The molecule has 0 unspecified atom stereocenters. The molecule has 0 fully saturated rings. The molecule has 1 rings (SSSR count). The largest absolute Gasteiger partial charge is 0.506 e. The zero-order valence-corrected chi connectivity index (χ0v) is 11.6. The molecule has 19 heavy (non-hydrogen) atoms. The number of hydrogen-bond acceptors (Lipinski definition) is 4. The molecule has 0 saturated heterocycles. The van der Waals surface area contributed by atoms with Crippen LogP contribution in [0.4, 0.5) is 5.69 Å². The maximum atomic E-state index is 11.8. The number of carboxylic acids is 1. The molecule has 4 N–H and O–H groups in total. The van der Waals surface area contributed by atoms with Crippen molar-refractivity contribution in [2.75, 3.05) is 4.72 Å². The molecule has 0 spiro atoms. The Morgan fingerprint density at radius 3 is 2.32 bits per heavy atom. The van der Waals surface area contributed by atoms with E-state index in [9.17, 15) is 18.3 Å². The third-order valence-electron chi connectivity index (χ3n) is 1.93. The van der Waals surface area contributed by atoms with E-state index in [1.807, 2.05) is 0 Å². The average Bonchev–Trinajstić information content (AvgIpc) is 2.16. The molecule has 1 aromatic carbocycles. The lowest BCUT2D eigenvalue weighted by Gasteiger charge is -2.21. The Balaban J connectivity index is 3.05. The summed E-state index contributed by atoms with van der Waals surface area (Å²) in [5, 5.41) is 18.3. The highest BCUT2D eigenvalue weighted by Gasteiger charge is 2.21. The van der Waals surface area contributed by atoms with E-state index in [0.717, 1.165) is 12.1 Å². The van der Waals surface area contributed by atoms with Crippen molar-refractivity contribution in [3.63, 3.8) is 0 Å². The number of benzene rings is 1. The van der Waals surface area contributed by atoms with Crippen LogP contribution >= 0.6 is 0 Å². The molecule has 0 saturated carbocycles. The van der Waals surface area contributed by atoms with Gasteiger partial charge in [0, 0.05) is 5.54 Å². The Hall–Kier alpha value is -1.80. The predicted molar refractivity (Wildman–Crippen MR) is 70.5 cm³/mol. The van der Waals surface area contributed by atoms with Gasteiger partial charge in [0.1, 0.15) is 5.75 Å². The smallest absolute Gasteiger partial charge is 0.335 e. The second-order valence-electron chi connectivity index (χ2n) is 4.99. The highest BCUT2D eigenvalue weighted by atomic mass is 32.2. The SMILES string of the molecule is CC(C)(C)NS(=O)(=O)Nc1cc(C(=O)O)ccc1O. The van der Waals surface area contributed by atoms with Crippen molar-refractivity contribution < 1.29 is 23.4 Å². The molecule has 0 aliphatic rings. The van der Waals surface area contributed by atoms with Crippen LogP contribution in [0.3, 0.4) is 0 Å². The van der Waals surface area contributed by atoms with Crippen molar-refractivity contribution in [1.29, 1.82) is 0 Å². The first-order valence-electron chi connectivity index (χ1n) is 5.38. The number of phenols is 1. The predicted octanol–water partition coefficient (Wildman–Crippen LogP) is 1.14. The zero-order valence-electron chi connectivity index (χ0n) is 10.8. The Kier molecular flexibility index (Phi) is 4.06. The van der Waals surface area contributed by atoms with E-state index in [-0.39, 0.29) is 17.0 Å². The lowest BCUT2D eigenvalue weighted by atomic mass is 10.1. The first kappa shape index (κ1) is 15.3. The Morgan fingerprint density at radius 1 is 1.26 bits per heavy atom. The van der Waals surface area contributed by atoms with Crippen molar-refractivity contribution in [2.45, 2.75) is 26.3 Å². The molecule has 0 aromatic heterocycles. The van der Waals surface area contributed by atoms with Gasteiger partial charge in [0.2, 0.25) is 0 Å². The van der Waals surface area contributed by atoms with Crippen molar-refractivity contribution in [1.82, 2.24) is 4.72 Å². The first-order valence-corrected chi connectivity index (χ1v) is 6.86. The number of rotatable bonds is 4. The quantitative estimate of drug-likeness (QED) is 0.620. The molecule has 1 aromatic rings. The topological polar surface area (TPSA) is 116 Å². The van der Waals surface area contributed by atoms with Gasteiger partial charge < -0.3 is 10.2 Å². The van der Waals surface area contributed by atoms with E-state index in [1.54, 1.807) is 20.8 Å². The summed E-state index contributed by atoms with van der Waals surface area (Å²) in [5.74, 6) is -1.58. The van der Waals surface area contributed by atoms with E-state index in [1.165, 1.54) is 6.07 Å². The van der Waals surface area contributed by atoms with Crippen LogP contribution in [0.1, 0.15) is 31.1 Å². The Bertz CT molecular complexity index is 590. The number of hydrogen-bond donors (Lipinski definition) is 4. The number of phenolic OH excluding ortho intramolecular Hbond substituents is 1. The fraction of sp³-hybridized carbons (Fsp3) is 0.364. The molecule has 0 bridgehead atoms. The molecule has 106 valence electrons. The molecule has 0 heterocycles. The lowest BCUT2D eigenvalue weighted by Crippen LogP contribution is -2.43. The van der Waals surface area contributed by atoms with Crippen LogP contribution in [-0.2, 0) is 10.2 Å². The average molecular weight is 288 g/mol. The molecule has 8 heteroatoms. The van der Waals surface area contributed by atoms with Crippen LogP contribution in [-0.4, -0.2) is 30.1 Å². The van der Waals surface area contributed by atoms with Gasteiger partial charge in [-0.1, -0.05) is 0 Å². The number of carbonyl (C=O) groups is 1. The summed E-state index contributed by atoms with van der Waals surface area (Å²) >= 11 is 0. The number of aromatic carboxylic acids is 1. The van der Waals surface area contributed by atoms with Crippen LogP contribution < -0.4 is 9.44 Å². The summed E-state index contributed by atoms with van der Waals surface area (Å²) in [6.45, 7) is 4.96. The molecular weight excluding hydrogens is 272 g/mol. The van der Waals surface area contributed by atoms with Gasteiger partial charge in [0.05, 0.1) is 11.3 Å². The summed E-state index contributed by atoms with van der Waals surface area (Å²) in [7, 11) is -3.91. The Labute approximate surface area is 111 Å². The number of carboxylic acid groups (broad SMARTS) is 1. The van der Waals surface area contributed by atoms with Crippen LogP contribution in [0.2, 0.25) is 0 Å². The first-order chi connectivity index (χ1) is 8.50. The number of nitrogens with one attached hydrogen (secondary N) is 2. The molecule has 0 radical (unpaired) electrons. The summed E-state index contributed by atoms with van der Waals surface area (Å²) in [6.07, 6.45) is 0. The summed E-state index contributed by atoms with van der Waals surface area (Å²) in [6, 6.07) is 3.32. The van der Waals surface area contributed by atoms with Gasteiger partial charge in [-0.15, -0.1) is 0 Å². The summed E-state index contributed by atoms with van der Waals surface area (Å²) in [4.78, 5) is 10.8.